The Morgan fingerprint density at radius 1 is 1.11 bits per heavy atom. The Balaban J connectivity index is 1.43. The number of nitrogens with zero attached hydrogens (tertiary/aromatic N) is 1. The Labute approximate surface area is 165 Å². The molecular formula is C18H17N3O5S2. The van der Waals surface area contributed by atoms with Crippen LogP contribution in [0.3, 0.4) is 0 Å². The molecule has 8 nitrogen and oxygen atoms in total. The van der Waals surface area contributed by atoms with E-state index < -0.39 is 21.8 Å². The normalized spacial score (nSPS) is 18.0. The summed E-state index contributed by atoms with van der Waals surface area (Å²) in [6.45, 7) is 0.508. The fourth-order valence-corrected chi connectivity index (χ4v) is 6.07. The van der Waals surface area contributed by atoms with E-state index in [2.05, 4.69) is 10.6 Å². The predicted molar refractivity (Wildman–Crippen MR) is 103 cm³/mol. The second-order valence-electron chi connectivity index (χ2n) is 6.61. The molecular weight excluding hydrogens is 402 g/mol. The van der Waals surface area contributed by atoms with Crippen molar-refractivity contribution in [1.82, 2.24) is 9.62 Å². The average molecular weight is 419 g/mol. The molecule has 1 aromatic carbocycles. The first kappa shape index (κ1) is 18.8. The van der Waals surface area contributed by atoms with Crippen molar-refractivity contribution >= 4 is 44.8 Å². The van der Waals surface area contributed by atoms with Crippen molar-refractivity contribution in [2.75, 3.05) is 18.4 Å². The van der Waals surface area contributed by atoms with E-state index in [9.17, 15) is 22.8 Å². The molecule has 3 heterocycles. The average Bonchev–Trinajstić information content (AvgIpc) is 3.32. The van der Waals surface area contributed by atoms with Gasteiger partial charge in [0.05, 0.1) is 16.8 Å². The first-order chi connectivity index (χ1) is 13.4. The lowest BCUT2D eigenvalue weighted by molar-refractivity contribution is -0.120. The molecule has 1 fully saturated rings. The fourth-order valence-electron chi connectivity index (χ4n) is 3.45. The molecule has 0 atom stereocenters. The maximum atomic E-state index is 12.6. The standard InChI is InChI=1S/C18H17N3O5S2/c22-16(19-13-4-1-3-12-15(13)18(24)20-17(12)23)11-6-8-21(9-7-11)28(25,26)14-5-2-10-27-14/h1-5,10-11H,6-9H2,(H,19,22)(H,20,23,24). The van der Waals surface area contributed by atoms with E-state index in [4.69, 9.17) is 0 Å². The van der Waals surface area contributed by atoms with Crippen LogP contribution in [-0.4, -0.2) is 43.5 Å². The molecule has 2 N–H and O–H groups in total. The maximum absolute atomic E-state index is 12.6. The zero-order valence-corrected chi connectivity index (χ0v) is 16.3. The molecule has 1 saturated heterocycles. The van der Waals surface area contributed by atoms with Crippen LogP contribution in [0.5, 0.6) is 0 Å². The number of amides is 3. The van der Waals surface area contributed by atoms with Crippen LogP contribution in [0.25, 0.3) is 0 Å². The molecule has 0 bridgehead atoms. The zero-order chi connectivity index (χ0) is 19.9. The molecule has 0 aliphatic carbocycles. The van der Waals surface area contributed by atoms with Crippen LogP contribution in [-0.2, 0) is 14.8 Å². The van der Waals surface area contributed by atoms with E-state index in [0.29, 0.717) is 22.7 Å². The van der Waals surface area contributed by atoms with Crippen molar-refractivity contribution < 1.29 is 22.8 Å². The van der Waals surface area contributed by atoms with Gasteiger partial charge in [0.15, 0.2) is 0 Å². The van der Waals surface area contributed by atoms with Gasteiger partial charge in [-0.15, -0.1) is 11.3 Å². The third-order valence-corrected chi connectivity index (χ3v) is 8.21. The van der Waals surface area contributed by atoms with Crippen molar-refractivity contribution in [3.8, 4) is 0 Å². The lowest BCUT2D eigenvalue weighted by Crippen LogP contribution is -2.41. The van der Waals surface area contributed by atoms with Gasteiger partial charge in [-0.25, -0.2) is 8.42 Å². The monoisotopic (exact) mass is 419 g/mol. The van der Waals surface area contributed by atoms with Crippen molar-refractivity contribution in [3.05, 3.63) is 46.8 Å². The number of fused-ring (bicyclic) bond motifs is 1. The molecule has 0 saturated carbocycles. The molecule has 2 aliphatic rings. The number of benzene rings is 1. The molecule has 2 aliphatic heterocycles. The molecule has 10 heteroatoms. The highest BCUT2D eigenvalue weighted by molar-refractivity contribution is 7.91. The van der Waals surface area contributed by atoms with Crippen LogP contribution in [0, 0.1) is 5.92 Å². The number of nitrogens with one attached hydrogen (secondary N) is 2. The molecule has 28 heavy (non-hydrogen) atoms. The summed E-state index contributed by atoms with van der Waals surface area (Å²) in [6, 6.07) is 7.96. The van der Waals surface area contributed by atoms with Gasteiger partial charge in [0, 0.05) is 19.0 Å². The first-order valence-corrected chi connectivity index (χ1v) is 11.0. The van der Waals surface area contributed by atoms with Crippen molar-refractivity contribution in [1.29, 1.82) is 0 Å². The van der Waals surface area contributed by atoms with E-state index in [1.54, 1.807) is 29.6 Å². The summed E-state index contributed by atoms with van der Waals surface area (Å²) in [7, 11) is -3.52. The predicted octanol–water partition coefficient (Wildman–Crippen LogP) is 1.67. The number of hydrogen-bond donors (Lipinski definition) is 2. The van der Waals surface area contributed by atoms with Gasteiger partial charge in [0.2, 0.25) is 5.91 Å². The number of thiophene rings is 1. The van der Waals surface area contributed by atoms with E-state index in [1.165, 1.54) is 21.7 Å². The lowest BCUT2D eigenvalue weighted by Gasteiger charge is -2.30. The second-order valence-corrected chi connectivity index (χ2v) is 9.72. The minimum atomic E-state index is -3.52. The smallest absolute Gasteiger partial charge is 0.261 e. The van der Waals surface area contributed by atoms with E-state index in [1.807, 2.05) is 0 Å². The molecule has 3 amide bonds. The molecule has 2 aromatic rings. The van der Waals surface area contributed by atoms with E-state index in [0.717, 1.165) is 0 Å². The van der Waals surface area contributed by atoms with Crippen molar-refractivity contribution in [3.63, 3.8) is 0 Å². The second kappa shape index (κ2) is 7.12. The minimum Gasteiger partial charge on any atom is -0.325 e. The largest absolute Gasteiger partial charge is 0.325 e. The van der Waals surface area contributed by atoms with Gasteiger partial charge in [-0.2, -0.15) is 4.31 Å². The Morgan fingerprint density at radius 3 is 2.54 bits per heavy atom. The first-order valence-electron chi connectivity index (χ1n) is 8.71. The number of rotatable bonds is 4. The summed E-state index contributed by atoms with van der Waals surface area (Å²) in [4.78, 5) is 36.3. The molecule has 146 valence electrons. The molecule has 4 rings (SSSR count). The zero-order valence-electron chi connectivity index (χ0n) is 14.7. The molecule has 0 radical (unpaired) electrons. The summed E-state index contributed by atoms with van der Waals surface area (Å²) < 4.78 is 26.8. The third kappa shape index (κ3) is 3.23. The minimum absolute atomic E-state index is 0.165. The summed E-state index contributed by atoms with van der Waals surface area (Å²) in [5, 5.41) is 6.65. The van der Waals surface area contributed by atoms with Gasteiger partial charge in [0.25, 0.3) is 21.8 Å². The molecule has 0 spiro atoms. The van der Waals surface area contributed by atoms with Gasteiger partial charge in [-0.3, -0.25) is 19.7 Å². The lowest BCUT2D eigenvalue weighted by atomic mass is 9.96. The number of piperidine rings is 1. The van der Waals surface area contributed by atoms with E-state index in [-0.39, 0.29) is 36.0 Å². The summed E-state index contributed by atoms with van der Waals surface area (Å²) in [5.41, 5.74) is 0.692. The Hall–Kier alpha value is -2.56. The molecule has 1 aromatic heterocycles. The van der Waals surface area contributed by atoms with Crippen LogP contribution in [0.2, 0.25) is 0 Å². The van der Waals surface area contributed by atoms with Crippen LogP contribution < -0.4 is 10.6 Å². The number of sulfonamides is 1. The van der Waals surface area contributed by atoms with Crippen LogP contribution in [0.1, 0.15) is 33.6 Å². The SMILES string of the molecule is O=C1NC(=O)c2c(NC(=O)C3CCN(S(=O)(=O)c4cccs4)CC3)cccc21. The quantitative estimate of drug-likeness (QED) is 0.732. The van der Waals surface area contributed by atoms with Gasteiger partial charge in [-0.1, -0.05) is 12.1 Å². The Kier molecular flexibility index (Phi) is 4.77. The summed E-state index contributed by atoms with van der Waals surface area (Å²) >= 11 is 1.17. The van der Waals surface area contributed by atoms with E-state index >= 15 is 0 Å². The number of carbonyl (C=O) groups excluding carboxylic acids is 3. The van der Waals surface area contributed by atoms with Gasteiger partial charge in [0.1, 0.15) is 4.21 Å². The summed E-state index contributed by atoms with van der Waals surface area (Å²) in [6.07, 6.45) is 0.771. The highest BCUT2D eigenvalue weighted by Gasteiger charge is 2.34. The van der Waals surface area contributed by atoms with Crippen LogP contribution >= 0.6 is 11.3 Å². The van der Waals surface area contributed by atoms with Gasteiger partial charge < -0.3 is 5.32 Å². The maximum Gasteiger partial charge on any atom is 0.261 e. The van der Waals surface area contributed by atoms with Crippen LogP contribution in [0.15, 0.2) is 39.9 Å². The topological polar surface area (TPSA) is 113 Å². The highest BCUT2D eigenvalue weighted by Crippen LogP contribution is 2.29. The number of carbonyl (C=O) groups is 3. The third-order valence-electron chi connectivity index (χ3n) is 4.94. The van der Waals surface area contributed by atoms with Crippen molar-refractivity contribution in [2.45, 2.75) is 17.1 Å². The molecule has 0 unspecified atom stereocenters. The Morgan fingerprint density at radius 2 is 1.86 bits per heavy atom. The number of imide groups is 1. The van der Waals surface area contributed by atoms with Crippen LogP contribution in [0.4, 0.5) is 5.69 Å². The summed E-state index contributed by atoms with van der Waals surface area (Å²) in [5.74, 6) is -1.67. The van der Waals surface area contributed by atoms with Gasteiger partial charge >= 0.3 is 0 Å². The Bertz CT molecular complexity index is 1050. The van der Waals surface area contributed by atoms with Crippen molar-refractivity contribution in [2.24, 2.45) is 5.92 Å². The van der Waals surface area contributed by atoms with Gasteiger partial charge in [-0.05, 0) is 36.4 Å². The number of anilines is 1. The highest BCUT2D eigenvalue weighted by atomic mass is 32.2. The fraction of sp³-hybridized carbons (Fsp3) is 0.278. The number of hydrogen-bond acceptors (Lipinski definition) is 6.